The summed E-state index contributed by atoms with van der Waals surface area (Å²) >= 11 is 1.48. The predicted molar refractivity (Wildman–Crippen MR) is 140 cm³/mol. The summed E-state index contributed by atoms with van der Waals surface area (Å²) in [5, 5.41) is 12.2. The van der Waals surface area contributed by atoms with E-state index in [0.29, 0.717) is 51.6 Å². The van der Waals surface area contributed by atoms with Crippen LogP contribution in [0, 0.1) is 17.2 Å². The van der Waals surface area contributed by atoms with Crippen molar-refractivity contribution in [3.63, 3.8) is 0 Å². The summed E-state index contributed by atoms with van der Waals surface area (Å²) in [4.78, 5) is 40.8. The van der Waals surface area contributed by atoms with E-state index in [1.807, 2.05) is 31.2 Å². The number of hydrogen-bond acceptors (Lipinski definition) is 9. The van der Waals surface area contributed by atoms with E-state index in [1.54, 1.807) is 15.9 Å². The molecule has 2 heterocycles. The van der Waals surface area contributed by atoms with Gasteiger partial charge in [0.2, 0.25) is 5.91 Å². The minimum Gasteiger partial charge on any atom is -0.484 e. The van der Waals surface area contributed by atoms with E-state index >= 15 is 0 Å². The van der Waals surface area contributed by atoms with E-state index in [4.69, 9.17) is 14.2 Å². The minimum atomic E-state index is -0.936. The van der Waals surface area contributed by atoms with E-state index in [0.717, 1.165) is 5.69 Å². The lowest BCUT2D eigenvalue weighted by atomic mass is 10.1. The first-order valence-corrected chi connectivity index (χ1v) is 13.4. The lowest BCUT2D eigenvalue weighted by molar-refractivity contribution is -0.146. The lowest BCUT2D eigenvalue weighted by Crippen LogP contribution is -2.42. The maximum Gasteiger partial charge on any atom is 0.323 e. The Morgan fingerprint density at radius 2 is 2.16 bits per heavy atom. The Kier molecular flexibility index (Phi) is 11.1. The number of nitrogens with one attached hydrogen (secondary N) is 1. The zero-order chi connectivity index (χ0) is 26.6. The van der Waals surface area contributed by atoms with Gasteiger partial charge in [-0.05, 0) is 25.5 Å². The number of esters is 1. The van der Waals surface area contributed by atoms with Crippen LogP contribution in [0.5, 0.6) is 5.75 Å². The van der Waals surface area contributed by atoms with Crippen LogP contribution < -0.4 is 10.1 Å². The van der Waals surface area contributed by atoms with Gasteiger partial charge in [0, 0.05) is 44.4 Å². The second kappa shape index (κ2) is 14.5. The summed E-state index contributed by atoms with van der Waals surface area (Å²) in [5.41, 5.74) is 0.824. The molecular formula is C26H34N4O6S. The van der Waals surface area contributed by atoms with Crippen LogP contribution in [0.1, 0.15) is 19.8 Å². The molecule has 200 valence electrons. The van der Waals surface area contributed by atoms with E-state index < -0.39 is 11.9 Å². The van der Waals surface area contributed by atoms with Crippen molar-refractivity contribution in [3.05, 3.63) is 36.9 Å². The first-order chi connectivity index (χ1) is 18.0. The molecule has 10 nitrogen and oxygen atoms in total. The van der Waals surface area contributed by atoms with Crippen molar-refractivity contribution in [1.82, 2.24) is 9.80 Å². The molecule has 1 aromatic carbocycles. The van der Waals surface area contributed by atoms with E-state index in [1.165, 1.54) is 17.8 Å². The summed E-state index contributed by atoms with van der Waals surface area (Å²) in [6.45, 7) is 8.71. The van der Waals surface area contributed by atoms with Crippen molar-refractivity contribution in [2.75, 3.05) is 57.9 Å². The van der Waals surface area contributed by atoms with Crippen LogP contribution in [0.4, 0.5) is 5.69 Å². The number of benzene rings is 1. The average Bonchev–Trinajstić information content (AvgIpc) is 3.23. The third-order valence-electron chi connectivity index (χ3n) is 6.09. The molecule has 2 aliphatic rings. The summed E-state index contributed by atoms with van der Waals surface area (Å²) in [7, 11) is 0. The van der Waals surface area contributed by atoms with Gasteiger partial charge in [0.05, 0.1) is 29.9 Å². The Balaban J connectivity index is 1.47. The summed E-state index contributed by atoms with van der Waals surface area (Å²) < 4.78 is 16.0. The molecule has 1 aromatic rings. The fourth-order valence-corrected chi connectivity index (χ4v) is 5.71. The zero-order valence-electron chi connectivity index (χ0n) is 21.1. The molecule has 0 spiro atoms. The topological polar surface area (TPSA) is 121 Å². The van der Waals surface area contributed by atoms with Gasteiger partial charge in [-0.15, -0.1) is 11.8 Å². The van der Waals surface area contributed by atoms with Crippen LogP contribution >= 0.6 is 11.8 Å². The molecule has 2 saturated heterocycles. The molecule has 0 radical (unpaired) electrons. The number of morpholine rings is 1. The number of carbonyl (C=O) groups is 3. The molecule has 3 rings (SSSR count). The molecule has 2 fully saturated rings. The maximum absolute atomic E-state index is 12.9. The van der Waals surface area contributed by atoms with Crippen LogP contribution in [-0.4, -0.2) is 90.8 Å². The van der Waals surface area contributed by atoms with Gasteiger partial charge in [-0.2, -0.15) is 5.26 Å². The molecule has 0 bridgehead atoms. The quantitative estimate of drug-likeness (QED) is 0.302. The normalized spacial score (nSPS) is 20.2. The Morgan fingerprint density at radius 1 is 1.38 bits per heavy atom. The highest BCUT2D eigenvalue weighted by Gasteiger charge is 2.41. The maximum atomic E-state index is 12.9. The van der Waals surface area contributed by atoms with Crippen LogP contribution in [0.3, 0.4) is 0 Å². The largest absolute Gasteiger partial charge is 0.484 e. The van der Waals surface area contributed by atoms with Crippen molar-refractivity contribution < 1.29 is 28.6 Å². The van der Waals surface area contributed by atoms with Crippen LogP contribution in [-0.2, 0) is 23.9 Å². The SMILES string of the molecule is C=CCOC(=O)C(C#N)CC1SC(CCNc2cccc(OCC(=O)N3CCOCC3)c2)C(=O)N1CC. The van der Waals surface area contributed by atoms with Crippen molar-refractivity contribution in [2.45, 2.75) is 30.4 Å². The van der Waals surface area contributed by atoms with Crippen LogP contribution in [0.2, 0.25) is 0 Å². The Bertz CT molecular complexity index is 994. The minimum absolute atomic E-state index is 0.00848. The van der Waals surface area contributed by atoms with E-state index in [2.05, 4.69) is 11.9 Å². The Morgan fingerprint density at radius 3 is 2.86 bits per heavy atom. The van der Waals surface area contributed by atoms with Crippen LogP contribution in [0.25, 0.3) is 0 Å². The van der Waals surface area contributed by atoms with Gasteiger partial charge in [0.15, 0.2) is 6.61 Å². The number of ether oxygens (including phenoxy) is 3. The van der Waals surface area contributed by atoms with Crippen molar-refractivity contribution in [2.24, 2.45) is 5.92 Å². The van der Waals surface area contributed by atoms with E-state index in [-0.39, 0.29) is 42.1 Å². The molecule has 0 aromatic heterocycles. The molecule has 0 saturated carbocycles. The van der Waals surface area contributed by atoms with Gasteiger partial charge >= 0.3 is 5.97 Å². The average molecular weight is 531 g/mol. The van der Waals surface area contributed by atoms with Gasteiger partial charge in [-0.1, -0.05) is 18.7 Å². The standard InChI is InChI=1S/C26H34N4O6S/c1-3-12-35-26(33)19(17-27)15-24-30(4-2)25(32)22(37-24)8-9-28-20-6-5-7-21(16-20)36-18-23(31)29-10-13-34-14-11-29/h3,5-7,16,19,22,24,28H,1,4,8-15,18H2,2H3. The highest BCUT2D eigenvalue weighted by Crippen LogP contribution is 2.37. The lowest BCUT2D eigenvalue weighted by Gasteiger charge is -2.26. The van der Waals surface area contributed by atoms with Crippen LogP contribution in [0.15, 0.2) is 36.9 Å². The third kappa shape index (κ3) is 8.13. The first kappa shape index (κ1) is 28.3. The zero-order valence-corrected chi connectivity index (χ0v) is 21.9. The number of rotatable bonds is 13. The smallest absolute Gasteiger partial charge is 0.323 e. The number of carbonyl (C=O) groups excluding carboxylic acids is 3. The fourth-order valence-electron chi connectivity index (χ4n) is 4.12. The second-order valence-electron chi connectivity index (χ2n) is 8.56. The monoisotopic (exact) mass is 530 g/mol. The molecule has 0 aliphatic carbocycles. The molecule has 2 aliphatic heterocycles. The van der Waals surface area contributed by atoms with E-state index in [9.17, 15) is 19.6 Å². The number of thioether (sulfide) groups is 1. The molecule has 3 atom stereocenters. The molecule has 2 amide bonds. The Labute approximate surface area is 221 Å². The Hall–Kier alpha value is -3.23. The van der Waals surface area contributed by atoms with Gasteiger partial charge in [0.1, 0.15) is 18.3 Å². The molecule has 1 N–H and O–H groups in total. The fraction of sp³-hybridized carbons (Fsp3) is 0.538. The van der Waals surface area contributed by atoms with Crippen molar-refractivity contribution in [1.29, 1.82) is 5.26 Å². The number of hydrogen-bond donors (Lipinski definition) is 1. The van der Waals surface area contributed by atoms with Gasteiger partial charge in [-0.25, -0.2) is 0 Å². The summed E-state index contributed by atoms with van der Waals surface area (Å²) in [6.07, 6.45) is 2.26. The highest BCUT2D eigenvalue weighted by molar-refractivity contribution is 8.01. The van der Waals surface area contributed by atoms with Gasteiger partial charge in [0.25, 0.3) is 5.91 Å². The molecule has 11 heteroatoms. The first-order valence-electron chi connectivity index (χ1n) is 12.4. The number of nitriles is 1. The highest BCUT2D eigenvalue weighted by atomic mass is 32.2. The van der Waals surface area contributed by atoms with Crippen molar-refractivity contribution in [3.8, 4) is 11.8 Å². The summed E-state index contributed by atoms with van der Waals surface area (Å²) in [6, 6.07) is 9.36. The van der Waals surface area contributed by atoms with Gasteiger partial charge < -0.3 is 29.3 Å². The molecule has 3 unspecified atom stereocenters. The molecule has 37 heavy (non-hydrogen) atoms. The number of nitrogens with zero attached hydrogens (tertiary/aromatic N) is 3. The summed E-state index contributed by atoms with van der Waals surface area (Å²) in [5.74, 6) is -1.00. The van der Waals surface area contributed by atoms with Gasteiger partial charge in [-0.3, -0.25) is 14.4 Å². The number of anilines is 1. The third-order valence-corrected chi connectivity index (χ3v) is 7.61. The predicted octanol–water partition coefficient (Wildman–Crippen LogP) is 2.28. The van der Waals surface area contributed by atoms with Crippen molar-refractivity contribution >= 4 is 35.2 Å². The molecular weight excluding hydrogens is 496 g/mol. The second-order valence-corrected chi connectivity index (χ2v) is 9.95. The number of amides is 2.